The van der Waals surface area contributed by atoms with E-state index in [0.717, 1.165) is 5.56 Å². The first-order chi connectivity index (χ1) is 13.9. The van der Waals surface area contributed by atoms with E-state index in [0.29, 0.717) is 28.5 Å². The second kappa shape index (κ2) is 6.90. The van der Waals surface area contributed by atoms with Crippen molar-refractivity contribution in [1.82, 2.24) is 19.1 Å². The highest BCUT2D eigenvalue weighted by molar-refractivity contribution is 6.02. The molecule has 1 amide bonds. The molecule has 146 valence electrons. The van der Waals surface area contributed by atoms with Crippen LogP contribution in [-0.2, 0) is 7.05 Å². The number of hydrogen-bond donors (Lipinski definition) is 1. The molecule has 2 N–H and O–H groups in total. The highest BCUT2D eigenvalue weighted by atomic mass is 16.5. The molecule has 8 heteroatoms. The minimum Gasteiger partial charge on any atom is -0.497 e. The highest BCUT2D eigenvalue weighted by Gasteiger charge is 2.22. The van der Waals surface area contributed by atoms with Crippen LogP contribution < -0.4 is 16.2 Å². The Morgan fingerprint density at radius 1 is 1.10 bits per heavy atom. The van der Waals surface area contributed by atoms with E-state index < -0.39 is 5.91 Å². The van der Waals surface area contributed by atoms with Crippen LogP contribution in [0.2, 0.25) is 0 Å². The summed E-state index contributed by atoms with van der Waals surface area (Å²) in [4.78, 5) is 34.1. The molecule has 0 aliphatic heterocycles. The Labute approximate surface area is 166 Å². The average molecular weight is 389 g/mol. The zero-order valence-electron chi connectivity index (χ0n) is 16.2. The van der Waals surface area contributed by atoms with Crippen LogP contribution in [0, 0.1) is 6.92 Å². The summed E-state index contributed by atoms with van der Waals surface area (Å²) in [7, 11) is 3.11. The van der Waals surface area contributed by atoms with E-state index in [-0.39, 0.29) is 16.9 Å². The number of carbonyl (C=O) groups is 1. The van der Waals surface area contributed by atoms with Crippen LogP contribution in [0.15, 0.2) is 53.3 Å². The Bertz CT molecular complexity index is 1300. The van der Waals surface area contributed by atoms with E-state index in [1.807, 2.05) is 31.2 Å². The van der Waals surface area contributed by atoms with Crippen molar-refractivity contribution >= 4 is 17.1 Å². The number of aromatic nitrogens is 4. The molecule has 8 nitrogen and oxygen atoms in total. The van der Waals surface area contributed by atoms with Gasteiger partial charge >= 0.3 is 5.69 Å². The first-order valence-corrected chi connectivity index (χ1v) is 8.91. The van der Waals surface area contributed by atoms with Gasteiger partial charge in [0, 0.05) is 18.7 Å². The molecule has 29 heavy (non-hydrogen) atoms. The first-order valence-electron chi connectivity index (χ1n) is 8.91. The number of imidazole rings is 1. The van der Waals surface area contributed by atoms with Crippen molar-refractivity contribution in [3.63, 3.8) is 0 Å². The maximum atomic E-state index is 13.0. The minimum absolute atomic E-state index is 0.00757. The average Bonchev–Trinajstić information content (AvgIpc) is 2.98. The second-order valence-corrected chi connectivity index (χ2v) is 6.68. The molecule has 0 aliphatic rings. The number of hydrogen-bond acceptors (Lipinski definition) is 5. The Morgan fingerprint density at radius 3 is 2.48 bits per heavy atom. The topological polar surface area (TPSA) is 105 Å². The molecule has 4 rings (SSSR count). The van der Waals surface area contributed by atoms with Gasteiger partial charge in [-0.25, -0.2) is 19.3 Å². The van der Waals surface area contributed by atoms with Gasteiger partial charge in [-0.3, -0.25) is 9.36 Å². The minimum atomic E-state index is -0.732. The van der Waals surface area contributed by atoms with Gasteiger partial charge < -0.3 is 10.5 Å². The lowest BCUT2D eigenvalue weighted by Gasteiger charge is -2.08. The zero-order chi connectivity index (χ0) is 20.7. The molecule has 0 bridgehead atoms. The van der Waals surface area contributed by atoms with Gasteiger partial charge in [-0.1, -0.05) is 35.9 Å². The summed E-state index contributed by atoms with van der Waals surface area (Å²) in [5.41, 5.74) is 8.14. The molecule has 0 unspecified atom stereocenters. The third-order valence-corrected chi connectivity index (χ3v) is 4.75. The maximum Gasteiger partial charge on any atom is 0.334 e. The molecule has 2 heterocycles. The lowest BCUT2D eigenvalue weighted by atomic mass is 10.1. The number of carbonyl (C=O) groups excluding carboxylic acids is 1. The Balaban J connectivity index is 2.09. The van der Waals surface area contributed by atoms with Gasteiger partial charge in [0.25, 0.3) is 5.91 Å². The van der Waals surface area contributed by atoms with Gasteiger partial charge in [0.05, 0.1) is 12.8 Å². The largest absolute Gasteiger partial charge is 0.497 e. The summed E-state index contributed by atoms with van der Waals surface area (Å²) in [6.07, 6.45) is 0. The van der Waals surface area contributed by atoms with Crippen molar-refractivity contribution in [2.45, 2.75) is 6.92 Å². The number of fused-ring (bicyclic) bond motifs is 1. The van der Waals surface area contributed by atoms with Gasteiger partial charge in [-0.15, -0.1) is 0 Å². The predicted molar refractivity (Wildman–Crippen MR) is 109 cm³/mol. The third-order valence-electron chi connectivity index (χ3n) is 4.75. The fourth-order valence-corrected chi connectivity index (χ4v) is 3.23. The smallest absolute Gasteiger partial charge is 0.334 e. The van der Waals surface area contributed by atoms with Crippen molar-refractivity contribution in [3.8, 4) is 22.8 Å². The van der Waals surface area contributed by atoms with Crippen LogP contribution in [0.1, 0.15) is 16.1 Å². The van der Waals surface area contributed by atoms with E-state index in [9.17, 15) is 9.59 Å². The maximum absolute atomic E-state index is 13.0. The zero-order valence-corrected chi connectivity index (χ0v) is 16.2. The number of ether oxygens (including phenoxy) is 1. The number of amides is 1. The number of nitrogens with zero attached hydrogens (tertiary/aromatic N) is 4. The Morgan fingerprint density at radius 2 is 1.83 bits per heavy atom. The molecule has 0 radical (unpaired) electrons. The molecule has 2 aromatic heterocycles. The quantitative estimate of drug-likeness (QED) is 0.576. The van der Waals surface area contributed by atoms with Crippen LogP contribution in [0.4, 0.5) is 0 Å². The normalized spacial score (nSPS) is 11.0. The van der Waals surface area contributed by atoms with E-state index >= 15 is 0 Å². The van der Waals surface area contributed by atoms with Crippen LogP contribution in [0.3, 0.4) is 0 Å². The first kappa shape index (κ1) is 18.4. The summed E-state index contributed by atoms with van der Waals surface area (Å²) in [5.74, 6) is 0.173. The monoisotopic (exact) mass is 389 g/mol. The lowest BCUT2D eigenvalue weighted by Crippen LogP contribution is -2.21. The molecule has 2 aromatic carbocycles. The van der Waals surface area contributed by atoms with Crippen molar-refractivity contribution in [2.24, 2.45) is 12.8 Å². The van der Waals surface area contributed by atoms with Crippen LogP contribution in [0.25, 0.3) is 28.2 Å². The van der Waals surface area contributed by atoms with Crippen LogP contribution in [-0.4, -0.2) is 32.1 Å². The van der Waals surface area contributed by atoms with Gasteiger partial charge in [-0.05, 0) is 19.1 Å². The summed E-state index contributed by atoms with van der Waals surface area (Å²) in [6, 6.07) is 14.6. The lowest BCUT2D eigenvalue weighted by molar-refractivity contribution is 0.0997. The molecule has 0 fully saturated rings. The summed E-state index contributed by atoms with van der Waals surface area (Å²) < 4.78 is 8.02. The van der Waals surface area contributed by atoms with E-state index in [2.05, 4.69) is 9.97 Å². The molecular formula is C21H19N5O3. The number of rotatable bonds is 4. The molecule has 4 aromatic rings. The van der Waals surface area contributed by atoms with Gasteiger partial charge in [0.2, 0.25) is 0 Å². The SMILES string of the molecule is COc1cccc(-n2c(=O)n(C)c3c(C(N)=O)nc(-c4ccc(C)cc4)nc32)c1. The highest BCUT2D eigenvalue weighted by Crippen LogP contribution is 2.24. The third kappa shape index (κ3) is 3.04. The molecule has 0 spiro atoms. The summed E-state index contributed by atoms with van der Waals surface area (Å²) >= 11 is 0. The van der Waals surface area contributed by atoms with E-state index in [1.54, 1.807) is 38.4 Å². The van der Waals surface area contributed by atoms with Gasteiger partial charge in [0.1, 0.15) is 11.3 Å². The molecule has 0 saturated heterocycles. The van der Waals surface area contributed by atoms with Gasteiger partial charge in [0.15, 0.2) is 17.2 Å². The number of aryl methyl sites for hydroxylation is 2. The van der Waals surface area contributed by atoms with Crippen molar-refractivity contribution in [2.75, 3.05) is 7.11 Å². The number of nitrogens with two attached hydrogens (primary N) is 1. The molecular weight excluding hydrogens is 370 g/mol. The fourth-order valence-electron chi connectivity index (χ4n) is 3.23. The van der Waals surface area contributed by atoms with Crippen LogP contribution in [0.5, 0.6) is 5.75 Å². The molecule has 0 aliphatic carbocycles. The number of methoxy groups -OCH3 is 1. The Hall–Kier alpha value is -3.94. The second-order valence-electron chi connectivity index (χ2n) is 6.68. The van der Waals surface area contributed by atoms with Crippen molar-refractivity contribution in [3.05, 3.63) is 70.3 Å². The van der Waals surface area contributed by atoms with Crippen LogP contribution >= 0.6 is 0 Å². The summed E-state index contributed by atoms with van der Waals surface area (Å²) in [5, 5.41) is 0. The number of benzene rings is 2. The van der Waals surface area contributed by atoms with E-state index in [4.69, 9.17) is 10.5 Å². The predicted octanol–water partition coefficient (Wildman–Crippen LogP) is 2.20. The Kier molecular flexibility index (Phi) is 4.38. The fraction of sp³-hybridized carbons (Fsp3) is 0.143. The molecule has 0 atom stereocenters. The summed E-state index contributed by atoms with van der Waals surface area (Å²) in [6.45, 7) is 1.97. The van der Waals surface area contributed by atoms with Crippen molar-refractivity contribution < 1.29 is 9.53 Å². The van der Waals surface area contributed by atoms with E-state index in [1.165, 1.54) is 9.13 Å². The van der Waals surface area contributed by atoms with Crippen molar-refractivity contribution in [1.29, 1.82) is 0 Å². The van der Waals surface area contributed by atoms with Gasteiger partial charge in [-0.2, -0.15) is 0 Å². The number of primary amides is 1. The standard InChI is InChI=1S/C21H19N5O3/c1-12-7-9-13(10-8-12)19-23-16(18(22)27)17-20(24-19)26(21(28)25(17)2)14-5-4-6-15(11-14)29-3/h4-11H,1-3H3,(H2,22,27). The molecule has 0 saturated carbocycles.